The van der Waals surface area contributed by atoms with E-state index in [9.17, 15) is 4.79 Å². The molecule has 1 amide bonds. The van der Waals surface area contributed by atoms with E-state index in [0.29, 0.717) is 11.3 Å². The second-order valence-corrected chi connectivity index (χ2v) is 5.14. The molecule has 0 aliphatic carbocycles. The number of benzene rings is 1. The van der Waals surface area contributed by atoms with Crippen molar-refractivity contribution in [2.24, 2.45) is 0 Å². The first kappa shape index (κ1) is 13.6. The van der Waals surface area contributed by atoms with Gasteiger partial charge in [0.15, 0.2) is 0 Å². The van der Waals surface area contributed by atoms with Gasteiger partial charge in [0.05, 0.1) is 18.8 Å². The van der Waals surface area contributed by atoms with Crippen molar-refractivity contribution in [3.63, 3.8) is 0 Å². The minimum Gasteiger partial charge on any atom is -0.497 e. The number of methoxy groups -OCH3 is 1. The number of hydrogen-bond acceptors (Lipinski definition) is 3. The molecule has 1 aliphatic rings. The highest BCUT2D eigenvalue weighted by molar-refractivity contribution is 5.95. The van der Waals surface area contributed by atoms with Gasteiger partial charge in [-0.05, 0) is 43.2 Å². The Morgan fingerprint density at radius 1 is 1.29 bits per heavy atom. The highest BCUT2D eigenvalue weighted by atomic mass is 16.5. The van der Waals surface area contributed by atoms with Crippen molar-refractivity contribution >= 4 is 5.91 Å². The Bertz CT molecular complexity index is 628. The van der Waals surface area contributed by atoms with E-state index in [4.69, 9.17) is 4.74 Å². The molecule has 21 heavy (non-hydrogen) atoms. The van der Waals surface area contributed by atoms with Crippen LogP contribution in [-0.4, -0.2) is 29.4 Å². The number of nitrogens with zero attached hydrogens (tertiary/aromatic N) is 2. The second-order valence-electron chi connectivity index (χ2n) is 5.14. The minimum atomic E-state index is 0.0436. The number of aromatic nitrogens is 1. The zero-order valence-electron chi connectivity index (χ0n) is 12.0. The first-order chi connectivity index (χ1) is 10.3. The number of hydrogen-bond donors (Lipinski definition) is 0. The van der Waals surface area contributed by atoms with Crippen LogP contribution >= 0.6 is 0 Å². The molecule has 1 fully saturated rings. The highest BCUT2D eigenvalue weighted by Gasteiger charge is 2.31. The molecule has 0 bridgehead atoms. The summed E-state index contributed by atoms with van der Waals surface area (Å²) in [6.45, 7) is 0.775. The van der Waals surface area contributed by atoms with E-state index < -0.39 is 0 Å². The van der Waals surface area contributed by atoms with Crippen LogP contribution in [0.2, 0.25) is 0 Å². The van der Waals surface area contributed by atoms with E-state index in [1.807, 2.05) is 41.3 Å². The first-order valence-corrected chi connectivity index (χ1v) is 7.15. The monoisotopic (exact) mass is 282 g/mol. The van der Waals surface area contributed by atoms with E-state index in [1.165, 1.54) is 0 Å². The molecular formula is C17H18N2O2. The molecular weight excluding hydrogens is 264 g/mol. The van der Waals surface area contributed by atoms with Crippen molar-refractivity contribution in [1.82, 2.24) is 9.88 Å². The van der Waals surface area contributed by atoms with Gasteiger partial charge >= 0.3 is 0 Å². The lowest BCUT2D eigenvalue weighted by Crippen LogP contribution is -2.30. The van der Waals surface area contributed by atoms with Crippen LogP contribution in [-0.2, 0) is 0 Å². The third kappa shape index (κ3) is 2.75. The van der Waals surface area contributed by atoms with Crippen LogP contribution < -0.4 is 4.74 Å². The van der Waals surface area contributed by atoms with Crippen LogP contribution in [0.1, 0.15) is 34.9 Å². The summed E-state index contributed by atoms with van der Waals surface area (Å²) in [5, 5.41) is 0. The van der Waals surface area contributed by atoms with E-state index in [2.05, 4.69) is 4.98 Å². The average Bonchev–Trinajstić information content (AvgIpc) is 3.04. The molecule has 1 aliphatic heterocycles. The van der Waals surface area contributed by atoms with Crippen molar-refractivity contribution in [1.29, 1.82) is 0 Å². The average molecular weight is 282 g/mol. The number of rotatable bonds is 3. The number of carbonyl (C=O) groups is 1. The lowest BCUT2D eigenvalue weighted by Gasteiger charge is -2.24. The maximum absolute atomic E-state index is 12.7. The van der Waals surface area contributed by atoms with Crippen molar-refractivity contribution in [3.05, 3.63) is 59.9 Å². The fourth-order valence-electron chi connectivity index (χ4n) is 2.81. The summed E-state index contributed by atoms with van der Waals surface area (Å²) < 4.78 is 5.20. The van der Waals surface area contributed by atoms with Crippen molar-refractivity contribution < 1.29 is 9.53 Å². The zero-order valence-corrected chi connectivity index (χ0v) is 12.0. The maximum Gasteiger partial charge on any atom is 0.254 e. The summed E-state index contributed by atoms with van der Waals surface area (Å²) in [7, 11) is 1.61. The molecule has 1 aromatic carbocycles. The van der Waals surface area contributed by atoms with Crippen LogP contribution in [0.25, 0.3) is 0 Å². The topological polar surface area (TPSA) is 42.4 Å². The SMILES string of the molecule is COc1cccc(C(=O)N2CCCC2c2ccccn2)c1. The second kappa shape index (κ2) is 5.95. The Balaban J connectivity index is 1.86. The number of carbonyl (C=O) groups excluding carboxylic acids is 1. The molecule has 1 aromatic heterocycles. The number of pyridine rings is 1. The Morgan fingerprint density at radius 3 is 2.95 bits per heavy atom. The number of likely N-dealkylation sites (tertiary alicyclic amines) is 1. The Morgan fingerprint density at radius 2 is 2.19 bits per heavy atom. The maximum atomic E-state index is 12.7. The Labute approximate surface area is 124 Å². The summed E-state index contributed by atoms with van der Waals surface area (Å²) in [5.41, 5.74) is 1.63. The van der Waals surface area contributed by atoms with Crippen LogP contribution in [0, 0.1) is 0 Å². The molecule has 1 saturated heterocycles. The van der Waals surface area contributed by atoms with E-state index >= 15 is 0 Å². The Kier molecular flexibility index (Phi) is 3.86. The van der Waals surface area contributed by atoms with Gasteiger partial charge in [-0.3, -0.25) is 9.78 Å². The molecule has 4 nitrogen and oxygen atoms in total. The summed E-state index contributed by atoms with van der Waals surface area (Å²) in [5.74, 6) is 0.747. The largest absolute Gasteiger partial charge is 0.497 e. The van der Waals surface area contributed by atoms with Gasteiger partial charge in [0.25, 0.3) is 5.91 Å². The lowest BCUT2D eigenvalue weighted by molar-refractivity contribution is 0.0732. The smallest absolute Gasteiger partial charge is 0.254 e. The highest BCUT2D eigenvalue weighted by Crippen LogP contribution is 2.32. The molecule has 1 unspecified atom stereocenters. The third-order valence-electron chi connectivity index (χ3n) is 3.86. The predicted octanol–water partition coefficient (Wildman–Crippen LogP) is 3.07. The van der Waals surface area contributed by atoms with Gasteiger partial charge in [0, 0.05) is 18.3 Å². The van der Waals surface area contributed by atoms with Gasteiger partial charge < -0.3 is 9.64 Å². The molecule has 0 N–H and O–H groups in total. The van der Waals surface area contributed by atoms with Gasteiger partial charge in [-0.2, -0.15) is 0 Å². The zero-order chi connectivity index (χ0) is 14.7. The van der Waals surface area contributed by atoms with E-state index in [-0.39, 0.29) is 11.9 Å². The molecule has 0 radical (unpaired) electrons. The predicted molar refractivity (Wildman–Crippen MR) is 80.2 cm³/mol. The van der Waals surface area contributed by atoms with Crippen molar-refractivity contribution in [3.8, 4) is 5.75 Å². The van der Waals surface area contributed by atoms with Gasteiger partial charge in [-0.25, -0.2) is 0 Å². The van der Waals surface area contributed by atoms with Crippen LogP contribution in [0.4, 0.5) is 0 Å². The van der Waals surface area contributed by atoms with Gasteiger partial charge in [0.2, 0.25) is 0 Å². The van der Waals surface area contributed by atoms with Crippen LogP contribution in [0.5, 0.6) is 5.75 Å². The normalized spacial score (nSPS) is 17.8. The standard InChI is InChI=1S/C17H18N2O2/c1-21-14-7-4-6-13(12-14)17(20)19-11-5-9-16(19)15-8-2-3-10-18-15/h2-4,6-8,10,12,16H,5,9,11H2,1H3. The van der Waals surface area contributed by atoms with Crippen LogP contribution in [0.3, 0.4) is 0 Å². The molecule has 2 heterocycles. The molecule has 3 rings (SSSR count). The third-order valence-corrected chi connectivity index (χ3v) is 3.86. The summed E-state index contributed by atoms with van der Waals surface area (Å²) in [6.07, 6.45) is 3.76. The molecule has 2 aromatic rings. The van der Waals surface area contributed by atoms with E-state index in [0.717, 1.165) is 25.1 Å². The minimum absolute atomic E-state index is 0.0436. The van der Waals surface area contributed by atoms with Crippen molar-refractivity contribution in [2.75, 3.05) is 13.7 Å². The first-order valence-electron chi connectivity index (χ1n) is 7.15. The van der Waals surface area contributed by atoms with E-state index in [1.54, 1.807) is 19.4 Å². The summed E-state index contributed by atoms with van der Waals surface area (Å²) in [6, 6.07) is 13.2. The van der Waals surface area contributed by atoms with Crippen molar-refractivity contribution in [2.45, 2.75) is 18.9 Å². The molecule has 108 valence electrons. The number of amides is 1. The fraction of sp³-hybridized carbons (Fsp3) is 0.294. The number of ether oxygens (including phenoxy) is 1. The van der Waals surface area contributed by atoms with Gasteiger partial charge in [0.1, 0.15) is 5.75 Å². The lowest BCUT2D eigenvalue weighted by atomic mass is 10.1. The molecule has 0 saturated carbocycles. The molecule has 0 spiro atoms. The molecule has 4 heteroatoms. The summed E-state index contributed by atoms with van der Waals surface area (Å²) >= 11 is 0. The van der Waals surface area contributed by atoms with Gasteiger partial charge in [-0.15, -0.1) is 0 Å². The quantitative estimate of drug-likeness (QED) is 0.869. The van der Waals surface area contributed by atoms with Crippen LogP contribution in [0.15, 0.2) is 48.7 Å². The van der Waals surface area contributed by atoms with Gasteiger partial charge in [-0.1, -0.05) is 12.1 Å². The summed E-state index contributed by atoms with van der Waals surface area (Å²) in [4.78, 5) is 19.1. The Hall–Kier alpha value is -2.36. The molecule has 1 atom stereocenters. The fourth-order valence-corrected chi connectivity index (χ4v) is 2.81.